The van der Waals surface area contributed by atoms with Crippen molar-refractivity contribution in [3.05, 3.63) is 65.4 Å². The highest BCUT2D eigenvalue weighted by atomic mass is 16.5. The number of rotatable bonds is 4. The van der Waals surface area contributed by atoms with E-state index in [0.29, 0.717) is 19.0 Å². The van der Waals surface area contributed by atoms with Crippen LogP contribution in [0.15, 0.2) is 48.5 Å². The second-order valence-corrected chi connectivity index (χ2v) is 9.44. The van der Waals surface area contributed by atoms with Gasteiger partial charge in [-0.05, 0) is 42.2 Å². The number of benzene rings is 2. The number of H-pyrrole nitrogens is 1. The molecule has 0 radical (unpaired) electrons. The van der Waals surface area contributed by atoms with E-state index in [2.05, 4.69) is 37.0 Å². The van der Waals surface area contributed by atoms with E-state index in [0.717, 1.165) is 33.5 Å². The Kier molecular flexibility index (Phi) is 4.77. The average molecular weight is 432 g/mol. The second kappa shape index (κ2) is 7.40. The van der Waals surface area contributed by atoms with E-state index >= 15 is 0 Å². The van der Waals surface area contributed by atoms with Crippen LogP contribution in [-0.2, 0) is 15.1 Å². The average Bonchev–Trinajstić information content (AvgIpc) is 3.18. The maximum absolute atomic E-state index is 13.8. The van der Waals surface area contributed by atoms with Gasteiger partial charge in [-0.2, -0.15) is 0 Å². The minimum absolute atomic E-state index is 0.00410. The van der Waals surface area contributed by atoms with E-state index in [-0.39, 0.29) is 24.3 Å². The third-order valence-electron chi connectivity index (χ3n) is 6.92. The molecule has 2 aliphatic rings. The molecule has 5 rings (SSSR count). The molecule has 32 heavy (non-hydrogen) atoms. The van der Waals surface area contributed by atoms with E-state index < -0.39 is 5.54 Å². The van der Waals surface area contributed by atoms with Crippen molar-refractivity contribution in [2.75, 3.05) is 26.7 Å². The van der Waals surface area contributed by atoms with Crippen molar-refractivity contribution in [2.24, 2.45) is 5.92 Å². The monoisotopic (exact) mass is 431 g/mol. The van der Waals surface area contributed by atoms with Crippen molar-refractivity contribution >= 4 is 22.7 Å². The summed E-state index contributed by atoms with van der Waals surface area (Å²) in [6.45, 7) is 7.22. The number of hydrogen-bond acceptors (Lipinski definition) is 3. The van der Waals surface area contributed by atoms with E-state index in [1.807, 2.05) is 37.3 Å². The number of fused-ring (bicyclic) bond motifs is 5. The van der Waals surface area contributed by atoms with Crippen LogP contribution in [0.25, 0.3) is 10.9 Å². The minimum Gasteiger partial charge on any atom is -0.497 e. The molecule has 6 nitrogen and oxygen atoms in total. The van der Waals surface area contributed by atoms with Crippen LogP contribution in [-0.4, -0.2) is 53.3 Å². The lowest BCUT2D eigenvalue weighted by atomic mass is 9.76. The van der Waals surface area contributed by atoms with E-state index in [4.69, 9.17) is 4.74 Å². The summed E-state index contributed by atoms with van der Waals surface area (Å²) in [6.07, 6.45) is 0. The van der Waals surface area contributed by atoms with Gasteiger partial charge in [0.1, 0.15) is 5.75 Å². The number of carbonyl (C=O) groups excluding carboxylic acids is 2. The summed E-state index contributed by atoms with van der Waals surface area (Å²) in [7, 11) is 1.65. The number of hydrogen-bond donors (Lipinski definition) is 1. The lowest BCUT2D eigenvalue weighted by molar-refractivity contribution is -0.166. The Labute approximate surface area is 188 Å². The molecule has 3 heterocycles. The Balaban J connectivity index is 1.71. The van der Waals surface area contributed by atoms with Gasteiger partial charge in [0.25, 0.3) is 5.91 Å². The van der Waals surface area contributed by atoms with Gasteiger partial charge in [-0.1, -0.05) is 44.2 Å². The van der Waals surface area contributed by atoms with Crippen molar-refractivity contribution in [1.82, 2.24) is 14.8 Å². The Morgan fingerprint density at radius 3 is 2.53 bits per heavy atom. The van der Waals surface area contributed by atoms with E-state index in [1.54, 1.807) is 16.9 Å². The molecule has 0 aliphatic carbocycles. The number of methoxy groups -OCH3 is 1. The maximum atomic E-state index is 13.8. The molecule has 1 unspecified atom stereocenters. The number of aromatic amines is 1. The predicted octanol–water partition coefficient (Wildman–Crippen LogP) is 3.86. The molecule has 3 aromatic rings. The number of carbonyl (C=O) groups is 2. The van der Waals surface area contributed by atoms with Gasteiger partial charge in [-0.15, -0.1) is 0 Å². The summed E-state index contributed by atoms with van der Waals surface area (Å²) < 4.78 is 5.34. The molecule has 1 fully saturated rings. The van der Waals surface area contributed by atoms with Crippen LogP contribution >= 0.6 is 0 Å². The summed E-state index contributed by atoms with van der Waals surface area (Å²) >= 11 is 0. The molecule has 2 aromatic carbocycles. The van der Waals surface area contributed by atoms with Gasteiger partial charge in [-0.3, -0.25) is 9.59 Å². The highest BCUT2D eigenvalue weighted by Gasteiger charge is 2.56. The summed E-state index contributed by atoms with van der Waals surface area (Å²) in [5.74, 6) is 1.04. The van der Waals surface area contributed by atoms with Gasteiger partial charge in [-0.25, -0.2) is 0 Å². The van der Waals surface area contributed by atoms with Crippen LogP contribution in [0.3, 0.4) is 0 Å². The van der Waals surface area contributed by atoms with Crippen molar-refractivity contribution in [3.63, 3.8) is 0 Å². The number of ether oxygens (including phenoxy) is 1. The van der Waals surface area contributed by atoms with Gasteiger partial charge in [0.05, 0.1) is 19.3 Å². The lowest BCUT2D eigenvalue weighted by Gasteiger charge is -2.51. The second-order valence-electron chi connectivity index (χ2n) is 9.44. The molecule has 0 spiro atoms. The SMILES string of the molecule is COc1ccc(C2CN3C(=O)CN(CC(C)C)C(=O)[C@]3(C)c3[nH]c4ccccc4c32)cc1. The molecule has 2 aliphatic heterocycles. The van der Waals surface area contributed by atoms with Crippen molar-refractivity contribution in [2.45, 2.75) is 32.2 Å². The number of nitrogens with one attached hydrogen (secondary N) is 1. The van der Waals surface area contributed by atoms with Crippen LogP contribution < -0.4 is 4.74 Å². The largest absolute Gasteiger partial charge is 0.497 e. The highest BCUT2D eigenvalue weighted by molar-refractivity contribution is 6.01. The molecule has 1 aromatic heterocycles. The van der Waals surface area contributed by atoms with Gasteiger partial charge in [0.2, 0.25) is 5.91 Å². The van der Waals surface area contributed by atoms with Gasteiger partial charge < -0.3 is 19.5 Å². The zero-order valence-corrected chi connectivity index (χ0v) is 19.0. The van der Waals surface area contributed by atoms with Crippen molar-refractivity contribution < 1.29 is 14.3 Å². The van der Waals surface area contributed by atoms with E-state index in [9.17, 15) is 9.59 Å². The lowest BCUT2D eigenvalue weighted by Crippen LogP contribution is -2.67. The first-order chi connectivity index (χ1) is 15.3. The molecule has 6 heteroatoms. The molecule has 2 atom stereocenters. The Morgan fingerprint density at radius 1 is 1.12 bits per heavy atom. The van der Waals surface area contributed by atoms with Gasteiger partial charge in [0.15, 0.2) is 5.54 Å². The summed E-state index contributed by atoms with van der Waals surface area (Å²) in [5.41, 5.74) is 2.99. The van der Waals surface area contributed by atoms with Gasteiger partial charge >= 0.3 is 0 Å². The Hall–Kier alpha value is -3.28. The van der Waals surface area contributed by atoms with Crippen LogP contribution in [0.5, 0.6) is 5.75 Å². The topological polar surface area (TPSA) is 65.6 Å². The van der Waals surface area contributed by atoms with Crippen LogP contribution in [0.4, 0.5) is 0 Å². The molecule has 0 saturated carbocycles. The fourth-order valence-corrected chi connectivity index (χ4v) is 5.40. The number of aromatic nitrogens is 1. The maximum Gasteiger partial charge on any atom is 0.254 e. The molecule has 1 saturated heterocycles. The normalized spacial score (nSPS) is 23.0. The smallest absolute Gasteiger partial charge is 0.254 e. The number of piperazine rings is 1. The number of para-hydroxylation sites is 1. The molecular formula is C26H29N3O3. The fraction of sp³-hybridized carbons (Fsp3) is 0.385. The standard InChI is InChI=1S/C26H29N3O3/c1-16(2)13-28-15-22(30)29-14-20(17-9-11-18(32-4)12-10-17)23-19-7-5-6-8-21(19)27-24(23)26(29,3)25(28)31/h5-12,16,20,27H,13-15H2,1-4H3/t20?,26-/m0/s1. The number of nitrogens with zero attached hydrogens (tertiary/aromatic N) is 2. The fourth-order valence-electron chi connectivity index (χ4n) is 5.40. The predicted molar refractivity (Wildman–Crippen MR) is 124 cm³/mol. The zero-order valence-electron chi connectivity index (χ0n) is 19.0. The van der Waals surface area contributed by atoms with Crippen molar-refractivity contribution in [1.29, 1.82) is 0 Å². The first-order valence-electron chi connectivity index (χ1n) is 11.2. The zero-order chi connectivity index (χ0) is 22.6. The van der Waals surface area contributed by atoms with Crippen LogP contribution in [0.1, 0.15) is 43.5 Å². The number of amides is 2. The molecule has 2 amide bonds. The molecule has 1 N–H and O–H groups in total. The third-order valence-corrected chi connectivity index (χ3v) is 6.92. The Bertz CT molecular complexity index is 1200. The van der Waals surface area contributed by atoms with Crippen LogP contribution in [0.2, 0.25) is 0 Å². The quantitative estimate of drug-likeness (QED) is 0.682. The molecule has 166 valence electrons. The minimum atomic E-state index is -1.04. The van der Waals surface area contributed by atoms with Crippen LogP contribution in [0, 0.1) is 5.92 Å². The third kappa shape index (κ3) is 2.93. The summed E-state index contributed by atoms with van der Waals surface area (Å²) in [6, 6.07) is 16.2. The first kappa shape index (κ1) is 20.6. The first-order valence-corrected chi connectivity index (χ1v) is 11.2. The van der Waals surface area contributed by atoms with Crippen molar-refractivity contribution in [3.8, 4) is 5.75 Å². The van der Waals surface area contributed by atoms with E-state index in [1.165, 1.54) is 0 Å². The summed E-state index contributed by atoms with van der Waals surface area (Å²) in [5, 5.41) is 1.10. The highest BCUT2D eigenvalue weighted by Crippen LogP contribution is 2.48. The molecule has 0 bridgehead atoms. The van der Waals surface area contributed by atoms with Gasteiger partial charge in [0, 0.05) is 29.9 Å². The summed E-state index contributed by atoms with van der Waals surface area (Å²) in [4.78, 5) is 34.3. The molecular weight excluding hydrogens is 402 g/mol. The Morgan fingerprint density at radius 2 is 1.84 bits per heavy atom.